The molecule has 4 aromatic carbocycles. The fraction of sp³-hybridized carbons (Fsp3) is 0. The third kappa shape index (κ3) is 3.65. The van der Waals surface area contributed by atoms with Crippen LogP contribution in [0.2, 0.25) is 0 Å². The Kier molecular flexibility index (Phi) is 5.48. The fourth-order valence-electron chi connectivity index (χ4n) is 3.74. The summed E-state index contributed by atoms with van der Waals surface area (Å²) in [5, 5.41) is 2.99. The molecule has 0 unspecified atom stereocenters. The minimum Gasteiger partial charge on any atom is -1.00 e. The first-order chi connectivity index (χ1) is 14.7. The van der Waals surface area contributed by atoms with Crippen LogP contribution in [0.15, 0.2) is 107 Å². The first kappa shape index (κ1) is 20.3. The number of pyridine rings is 2. The van der Waals surface area contributed by atoms with Crippen molar-refractivity contribution in [3.05, 3.63) is 118 Å². The van der Waals surface area contributed by atoms with Crippen LogP contribution in [0.4, 0.5) is 0 Å². The molecule has 6 rings (SSSR count). The first-order valence-electron chi connectivity index (χ1n) is 9.72. The maximum Gasteiger partial charge on any atom is 2.00 e. The monoisotopic (exact) mass is 401 g/mol. The van der Waals surface area contributed by atoms with Crippen LogP contribution < -0.4 is 10.9 Å². The molecule has 2 heterocycles. The number of H-pyrrole nitrogens is 2. The summed E-state index contributed by atoms with van der Waals surface area (Å²) in [5.74, 6) is 0. The molecule has 0 spiro atoms. The van der Waals surface area contributed by atoms with Crippen molar-refractivity contribution in [3.63, 3.8) is 0 Å². The van der Waals surface area contributed by atoms with Crippen LogP contribution in [0.3, 0.4) is 0 Å². The van der Waals surface area contributed by atoms with E-state index in [-0.39, 0.29) is 23.8 Å². The van der Waals surface area contributed by atoms with Gasteiger partial charge in [0.15, 0.2) is 10.9 Å². The van der Waals surface area contributed by atoms with E-state index in [9.17, 15) is 9.59 Å². The van der Waals surface area contributed by atoms with E-state index in [1.807, 2.05) is 97.1 Å². The molecular formula is C26H20BeN2O2. The van der Waals surface area contributed by atoms with E-state index in [2.05, 4.69) is 9.97 Å². The summed E-state index contributed by atoms with van der Waals surface area (Å²) in [7, 11) is 0. The quantitative estimate of drug-likeness (QED) is 0.271. The molecule has 5 heteroatoms. The van der Waals surface area contributed by atoms with Gasteiger partial charge in [0.05, 0.1) is 0 Å². The van der Waals surface area contributed by atoms with E-state index >= 15 is 0 Å². The fourth-order valence-corrected chi connectivity index (χ4v) is 3.74. The second kappa shape index (κ2) is 8.39. The Bertz CT molecular complexity index is 1420. The summed E-state index contributed by atoms with van der Waals surface area (Å²) in [4.78, 5) is 30.6. The van der Waals surface area contributed by atoms with Crippen molar-refractivity contribution in [2.75, 3.05) is 0 Å². The number of aromatic nitrogens is 2. The van der Waals surface area contributed by atoms with Gasteiger partial charge in [0, 0.05) is 43.6 Å². The number of rotatable bonds is 0. The van der Waals surface area contributed by atoms with Gasteiger partial charge in [0.25, 0.3) is 0 Å². The van der Waals surface area contributed by atoms with E-state index < -0.39 is 0 Å². The number of aromatic amines is 2. The molecular weight excluding hydrogens is 381 g/mol. The second-order valence-electron chi connectivity index (χ2n) is 7.09. The molecule has 2 N–H and O–H groups in total. The predicted molar refractivity (Wildman–Crippen MR) is 132 cm³/mol. The minimum absolute atomic E-state index is 0. The zero-order chi connectivity index (χ0) is 20.5. The Morgan fingerprint density at radius 3 is 0.903 bits per heavy atom. The number of para-hydroxylation sites is 4. The van der Waals surface area contributed by atoms with Crippen LogP contribution in [0.25, 0.3) is 43.6 Å². The molecule has 0 saturated carbocycles. The molecule has 0 saturated heterocycles. The molecule has 0 aliphatic carbocycles. The van der Waals surface area contributed by atoms with Gasteiger partial charge in [0.2, 0.25) is 0 Å². The molecule has 4 nitrogen and oxygen atoms in total. The van der Waals surface area contributed by atoms with Crippen molar-refractivity contribution in [2.24, 2.45) is 0 Å². The predicted octanol–water partition coefficient (Wildman–Crippen LogP) is 5.21. The number of fused-ring (bicyclic) bond motifs is 4. The van der Waals surface area contributed by atoms with Gasteiger partial charge < -0.3 is 12.8 Å². The van der Waals surface area contributed by atoms with Gasteiger partial charge in [-0.05, 0) is 48.5 Å². The van der Waals surface area contributed by atoms with E-state index in [4.69, 9.17) is 0 Å². The third-order valence-corrected chi connectivity index (χ3v) is 5.23. The Hall–Kier alpha value is -4.01. The van der Waals surface area contributed by atoms with Gasteiger partial charge in [-0.15, -0.1) is 0 Å². The van der Waals surface area contributed by atoms with Gasteiger partial charge in [-0.3, -0.25) is 9.59 Å². The van der Waals surface area contributed by atoms with Crippen molar-refractivity contribution in [1.82, 2.24) is 9.97 Å². The number of hydrogen-bond donors (Lipinski definition) is 2. The summed E-state index contributed by atoms with van der Waals surface area (Å²) >= 11 is 0. The Morgan fingerprint density at radius 1 is 0.419 bits per heavy atom. The van der Waals surface area contributed by atoms with Crippen molar-refractivity contribution in [3.8, 4) is 0 Å². The van der Waals surface area contributed by atoms with Gasteiger partial charge in [0.1, 0.15) is 0 Å². The molecule has 0 aliphatic heterocycles. The first-order valence-corrected chi connectivity index (χ1v) is 9.72. The summed E-state index contributed by atoms with van der Waals surface area (Å²) in [6, 6.07) is 30.3. The van der Waals surface area contributed by atoms with Crippen molar-refractivity contribution in [2.45, 2.75) is 0 Å². The molecule has 0 amide bonds. The van der Waals surface area contributed by atoms with Crippen LogP contribution in [0.1, 0.15) is 2.85 Å². The third-order valence-electron chi connectivity index (χ3n) is 5.23. The summed E-state index contributed by atoms with van der Waals surface area (Å²) in [5.41, 5.74) is 3.75. The minimum atomic E-state index is 0. The second-order valence-corrected chi connectivity index (χ2v) is 7.09. The molecule has 0 radical (unpaired) electrons. The van der Waals surface area contributed by atoms with Gasteiger partial charge in [-0.2, -0.15) is 0 Å². The Labute approximate surface area is 184 Å². The van der Waals surface area contributed by atoms with E-state index in [0.29, 0.717) is 0 Å². The molecule has 0 bridgehead atoms. The van der Waals surface area contributed by atoms with Crippen LogP contribution in [0, 0.1) is 0 Å². The number of nitrogens with one attached hydrogen (secondary N) is 2. The average Bonchev–Trinajstić information content (AvgIpc) is 2.80. The molecule has 2 aromatic heterocycles. The molecule has 0 aliphatic rings. The topological polar surface area (TPSA) is 65.7 Å². The van der Waals surface area contributed by atoms with Crippen LogP contribution in [-0.2, 0) is 0 Å². The maximum absolute atomic E-state index is 12.1. The van der Waals surface area contributed by atoms with E-state index in [1.54, 1.807) is 0 Å². The summed E-state index contributed by atoms with van der Waals surface area (Å²) in [6.45, 7) is 0. The Balaban J connectivity index is 0.000000214. The zero-order valence-electron chi connectivity index (χ0n) is 18.8. The smallest absolute Gasteiger partial charge is 1.00 e. The number of benzene rings is 4. The Morgan fingerprint density at radius 2 is 0.645 bits per heavy atom. The van der Waals surface area contributed by atoms with Crippen LogP contribution >= 0.6 is 0 Å². The van der Waals surface area contributed by atoms with Gasteiger partial charge >= 0.3 is 10.1 Å². The van der Waals surface area contributed by atoms with E-state index in [0.717, 1.165) is 43.6 Å². The molecule has 0 fully saturated rings. The van der Waals surface area contributed by atoms with Crippen LogP contribution in [-0.4, -0.2) is 20.1 Å². The number of hydrogen-bond acceptors (Lipinski definition) is 2. The zero-order valence-corrected chi connectivity index (χ0v) is 16.8. The van der Waals surface area contributed by atoms with Crippen molar-refractivity contribution in [1.29, 1.82) is 0 Å². The molecule has 6 aromatic rings. The summed E-state index contributed by atoms with van der Waals surface area (Å²) < 4.78 is 0. The summed E-state index contributed by atoms with van der Waals surface area (Å²) in [6.07, 6.45) is 0. The SMILES string of the molecule is O=c1c2ccccc2[nH]c2ccccc12.O=c1c2ccccc2[nH]c2ccccc12.[Be+2].[H-].[H-]. The van der Waals surface area contributed by atoms with Crippen molar-refractivity contribution >= 4 is 53.7 Å². The normalized spacial score (nSPS) is 10.6. The van der Waals surface area contributed by atoms with E-state index in [1.165, 1.54) is 0 Å². The molecule has 0 atom stereocenters. The average molecular weight is 401 g/mol. The molecule has 148 valence electrons. The van der Waals surface area contributed by atoms with Crippen LogP contribution in [0.5, 0.6) is 0 Å². The van der Waals surface area contributed by atoms with Crippen molar-refractivity contribution < 1.29 is 2.85 Å². The maximum atomic E-state index is 12.1. The standard InChI is InChI=1S/2C13H9NO.Be.2H/c2*15-13-9-5-1-3-7-11(9)14-12-8-4-2-6-10(12)13;;;/h2*1-8H,(H,14,15);;;/q;;+2;2*-1. The van der Waals surface area contributed by atoms with Gasteiger partial charge in [-0.25, -0.2) is 0 Å². The molecule has 31 heavy (non-hydrogen) atoms. The van der Waals surface area contributed by atoms with Gasteiger partial charge in [-0.1, -0.05) is 48.5 Å². The largest absolute Gasteiger partial charge is 2.00 e.